The summed E-state index contributed by atoms with van der Waals surface area (Å²) >= 11 is 0. The number of nitrogen functional groups attached to an aromatic ring is 1. The third kappa shape index (κ3) is 1.15. The molecule has 0 amide bonds. The molecular formula is C13H11N3. The van der Waals surface area contributed by atoms with Gasteiger partial charge in [0.25, 0.3) is 0 Å². The molecule has 0 saturated carbocycles. The lowest BCUT2D eigenvalue weighted by Crippen LogP contribution is -1.95. The highest BCUT2D eigenvalue weighted by atomic mass is 14.9. The molecule has 0 bridgehead atoms. The van der Waals surface area contributed by atoms with Crippen LogP contribution in [0, 0.1) is 6.92 Å². The normalized spacial score (nSPS) is 11.1. The molecule has 0 unspecified atom stereocenters. The summed E-state index contributed by atoms with van der Waals surface area (Å²) in [5, 5.41) is 2.21. The van der Waals surface area contributed by atoms with Crippen LogP contribution in [0.15, 0.2) is 36.5 Å². The average Bonchev–Trinajstić information content (AvgIpc) is 2.29. The molecule has 3 heteroatoms. The molecule has 0 aliphatic heterocycles. The Hall–Kier alpha value is -2.16. The Balaban J connectivity index is 2.67. The van der Waals surface area contributed by atoms with Crippen molar-refractivity contribution in [2.24, 2.45) is 0 Å². The number of pyridine rings is 2. The van der Waals surface area contributed by atoms with Crippen molar-refractivity contribution < 1.29 is 0 Å². The van der Waals surface area contributed by atoms with E-state index in [1.54, 1.807) is 6.20 Å². The van der Waals surface area contributed by atoms with Crippen LogP contribution in [0.2, 0.25) is 0 Å². The van der Waals surface area contributed by atoms with E-state index in [1.807, 2.05) is 24.3 Å². The van der Waals surface area contributed by atoms with Gasteiger partial charge in [-0.3, -0.25) is 4.98 Å². The number of hydrogen-bond acceptors (Lipinski definition) is 3. The quantitative estimate of drug-likeness (QED) is 0.579. The molecule has 0 atom stereocenters. The fraction of sp³-hybridized carbons (Fsp3) is 0.0769. The van der Waals surface area contributed by atoms with Crippen LogP contribution in [-0.2, 0) is 0 Å². The van der Waals surface area contributed by atoms with E-state index in [4.69, 9.17) is 5.73 Å². The number of fused-ring (bicyclic) bond motifs is 3. The minimum atomic E-state index is 0.494. The Bertz CT molecular complexity index is 689. The highest BCUT2D eigenvalue weighted by Crippen LogP contribution is 2.28. The highest BCUT2D eigenvalue weighted by Gasteiger charge is 2.07. The number of nitrogens with zero attached hydrogens (tertiary/aromatic N) is 2. The fourth-order valence-electron chi connectivity index (χ4n) is 2.09. The molecule has 0 radical (unpaired) electrons. The van der Waals surface area contributed by atoms with Crippen molar-refractivity contribution in [2.75, 3.05) is 5.73 Å². The standard InChI is InChI=1S/C13H11N3/c1-8-4-2-6-10-11(8)9-5-3-7-15-12(9)13(14)16-10/h2-7H,1H3,(H2,14,16). The maximum atomic E-state index is 5.90. The van der Waals surface area contributed by atoms with E-state index in [2.05, 4.69) is 23.0 Å². The van der Waals surface area contributed by atoms with Gasteiger partial charge in [0.15, 0.2) is 5.82 Å². The molecule has 3 rings (SSSR count). The van der Waals surface area contributed by atoms with Crippen LogP contribution in [0.4, 0.5) is 5.82 Å². The summed E-state index contributed by atoms with van der Waals surface area (Å²) in [5.74, 6) is 0.494. The summed E-state index contributed by atoms with van der Waals surface area (Å²) in [6.45, 7) is 2.08. The van der Waals surface area contributed by atoms with Crippen LogP contribution in [0.25, 0.3) is 21.8 Å². The van der Waals surface area contributed by atoms with Crippen LogP contribution >= 0.6 is 0 Å². The Morgan fingerprint density at radius 1 is 1.12 bits per heavy atom. The molecule has 0 aliphatic rings. The maximum Gasteiger partial charge on any atom is 0.150 e. The second-order valence-corrected chi connectivity index (χ2v) is 3.87. The summed E-state index contributed by atoms with van der Waals surface area (Å²) in [5.41, 5.74) is 8.81. The van der Waals surface area contributed by atoms with Crippen molar-refractivity contribution in [3.05, 3.63) is 42.1 Å². The van der Waals surface area contributed by atoms with Crippen molar-refractivity contribution >= 4 is 27.6 Å². The average molecular weight is 209 g/mol. The van der Waals surface area contributed by atoms with Gasteiger partial charge in [-0.1, -0.05) is 18.2 Å². The van der Waals surface area contributed by atoms with Crippen molar-refractivity contribution in [1.29, 1.82) is 0 Å². The van der Waals surface area contributed by atoms with Gasteiger partial charge in [-0.15, -0.1) is 0 Å². The first kappa shape index (κ1) is 9.09. The van der Waals surface area contributed by atoms with E-state index >= 15 is 0 Å². The summed E-state index contributed by atoms with van der Waals surface area (Å²) < 4.78 is 0. The van der Waals surface area contributed by atoms with E-state index in [0.717, 1.165) is 21.8 Å². The largest absolute Gasteiger partial charge is 0.382 e. The predicted octanol–water partition coefficient (Wildman–Crippen LogP) is 2.67. The van der Waals surface area contributed by atoms with Gasteiger partial charge in [-0.25, -0.2) is 4.98 Å². The monoisotopic (exact) mass is 209 g/mol. The summed E-state index contributed by atoms with van der Waals surface area (Å²) in [4.78, 5) is 8.66. The van der Waals surface area contributed by atoms with Gasteiger partial charge in [0, 0.05) is 17.0 Å². The van der Waals surface area contributed by atoms with E-state index in [1.165, 1.54) is 5.56 Å². The first-order valence-electron chi connectivity index (χ1n) is 5.17. The molecule has 0 saturated heterocycles. The number of rotatable bonds is 0. The molecule has 1 aromatic carbocycles. The van der Waals surface area contributed by atoms with Crippen LogP contribution in [0.3, 0.4) is 0 Å². The number of benzene rings is 1. The Morgan fingerprint density at radius 2 is 2.00 bits per heavy atom. The molecule has 78 valence electrons. The molecule has 2 N–H and O–H groups in total. The molecule has 2 heterocycles. The third-order valence-corrected chi connectivity index (χ3v) is 2.81. The molecule has 2 aromatic heterocycles. The predicted molar refractivity (Wildman–Crippen MR) is 66.2 cm³/mol. The van der Waals surface area contributed by atoms with Gasteiger partial charge in [0.2, 0.25) is 0 Å². The lowest BCUT2D eigenvalue weighted by molar-refractivity contribution is 1.35. The minimum Gasteiger partial charge on any atom is -0.382 e. The van der Waals surface area contributed by atoms with Gasteiger partial charge in [-0.05, 0) is 24.6 Å². The van der Waals surface area contributed by atoms with Crippen molar-refractivity contribution in [1.82, 2.24) is 9.97 Å². The molecule has 3 aromatic rings. The smallest absolute Gasteiger partial charge is 0.150 e. The van der Waals surface area contributed by atoms with Gasteiger partial charge in [0.05, 0.1) is 5.52 Å². The number of hydrogen-bond donors (Lipinski definition) is 1. The molecule has 0 fully saturated rings. The summed E-state index contributed by atoms with van der Waals surface area (Å²) in [7, 11) is 0. The molecular weight excluding hydrogens is 198 g/mol. The lowest BCUT2D eigenvalue weighted by Gasteiger charge is -2.07. The number of aromatic nitrogens is 2. The molecule has 16 heavy (non-hydrogen) atoms. The Morgan fingerprint density at radius 3 is 2.88 bits per heavy atom. The van der Waals surface area contributed by atoms with E-state index < -0.39 is 0 Å². The first-order valence-corrected chi connectivity index (χ1v) is 5.17. The molecule has 0 spiro atoms. The topological polar surface area (TPSA) is 51.8 Å². The minimum absolute atomic E-state index is 0.494. The zero-order valence-electron chi connectivity index (χ0n) is 8.94. The number of nitrogens with two attached hydrogens (primary N) is 1. The van der Waals surface area contributed by atoms with Crippen LogP contribution < -0.4 is 5.73 Å². The van der Waals surface area contributed by atoms with Gasteiger partial charge in [0.1, 0.15) is 5.52 Å². The van der Waals surface area contributed by atoms with Crippen molar-refractivity contribution in [2.45, 2.75) is 6.92 Å². The second-order valence-electron chi connectivity index (χ2n) is 3.87. The third-order valence-electron chi connectivity index (χ3n) is 2.81. The van der Waals surface area contributed by atoms with E-state index in [9.17, 15) is 0 Å². The SMILES string of the molecule is Cc1cccc2nc(N)c3ncccc3c12. The maximum absolute atomic E-state index is 5.90. The van der Waals surface area contributed by atoms with E-state index in [0.29, 0.717) is 5.82 Å². The Kier molecular flexibility index (Phi) is 1.80. The van der Waals surface area contributed by atoms with Crippen LogP contribution in [0.5, 0.6) is 0 Å². The highest BCUT2D eigenvalue weighted by molar-refractivity contribution is 6.09. The molecule has 3 nitrogen and oxygen atoms in total. The lowest BCUT2D eigenvalue weighted by atomic mass is 10.0. The fourth-order valence-corrected chi connectivity index (χ4v) is 2.09. The van der Waals surface area contributed by atoms with Gasteiger partial charge >= 0.3 is 0 Å². The van der Waals surface area contributed by atoms with E-state index in [-0.39, 0.29) is 0 Å². The first-order chi connectivity index (χ1) is 7.77. The van der Waals surface area contributed by atoms with Gasteiger partial charge in [-0.2, -0.15) is 0 Å². The Labute approximate surface area is 92.9 Å². The van der Waals surface area contributed by atoms with Gasteiger partial charge < -0.3 is 5.73 Å². The number of aryl methyl sites for hydroxylation is 1. The number of anilines is 1. The summed E-state index contributed by atoms with van der Waals surface area (Å²) in [6.07, 6.45) is 1.74. The molecule has 0 aliphatic carbocycles. The van der Waals surface area contributed by atoms with Crippen LogP contribution in [0.1, 0.15) is 5.56 Å². The van der Waals surface area contributed by atoms with Crippen molar-refractivity contribution in [3.63, 3.8) is 0 Å². The summed E-state index contributed by atoms with van der Waals surface area (Å²) in [6, 6.07) is 10.0. The van der Waals surface area contributed by atoms with Crippen molar-refractivity contribution in [3.8, 4) is 0 Å². The van der Waals surface area contributed by atoms with Crippen LogP contribution in [-0.4, -0.2) is 9.97 Å². The second kappa shape index (κ2) is 3.17. The zero-order chi connectivity index (χ0) is 11.1. The zero-order valence-corrected chi connectivity index (χ0v) is 8.94.